The Hall–Kier alpha value is -1.58. The van der Waals surface area contributed by atoms with Gasteiger partial charge in [0, 0.05) is 23.9 Å². The average molecular weight is 311 g/mol. The van der Waals surface area contributed by atoms with Gasteiger partial charge >= 0.3 is 0 Å². The third kappa shape index (κ3) is 3.99. The molecule has 22 heavy (non-hydrogen) atoms. The largest absolute Gasteiger partial charge is 0.295 e. The van der Waals surface area contributed by atoms with E-state index in [-0.39, 0.29) is 5.12 Å². The van der Waals surface area contributed by atoms with E-state index < -0.39 is 0 Å². The van der Waals surface area contributed by atoms with Gasteiger partial charge in [0.25, 0.3) is 0 Å². The molecule has 0 radical (unpaired) electrons. The minimum atomic E-state index is 0.187. The molecule has 2 aromatic rings. The molecule has 0 saturated carbocycles. The van der Waals surface area contributed by atoms with Crippen molar-refractivity contribution in [3.05, 3.63) is 71.8 Å². The maximum absolute atomic E-state index is 12.2. The molecule has 2 nitrogen and oxygen atoms in total. The Kier molecular flexibility index (Phi) is 5.30. The molecule has 0 unspecified atom stereocenters. The lowest BCUT2D eigenvalue weighted by atomic mass is 10.2. The van der Waals surface area contributed by atoms with Crippen molar-refractivity contribution in [1.82, 2.24) is 4.90 Å². The molecule has 114 valence electrons. The summed E-state index contributed by atoms with van der Waals surface area (Å²) in [5.41, 5.74) is 2.16. The Labute approximate surface area is 136 Å². The molecule has 1 aliphatic rings. The highest BCUT2D eigenvalue weighted by Crippen LogP contribution is 2.24. The number of nitrogens with zero attached hydrogens (tertiary/aromatic N) is 1. The molecule has 2 aromatic carbocycles. The van der Waals surface area contributed by atoms with Gasteiger partial charge in [-0.25, -0.2) is 0 Å². The lowest BCUT2D eigenvalue weighted by Crippen LogP contribution is -2.31. The number of hydrogen-bond acceptors (Lipinski definition) is 3. The standard InChI is InChI=1S/C19H21NOS/c21-19(17-10-5-2-6-11-17)22-15-18-12-7-13-20(18)14-16-8-3-1-4-9-16/h1-6,8-11,18H,7,12-15H2/t18-/m0/s1. The molecule has 1 aliphatic heterocycles. The lowest BCUT2D eigenvalue weighted by Gasteiger charge is -2.24. The summed E-state index contributed by atoms with van der Waals surface area (Å²) >= 11 is 1.46. The second-order valence-corrected chi connectivity index (χ2v) is 6.71. The Balaban J connectivity index is 1.54. The quantitative estimate of drug-likeness (QED) is 0.824. The fourth-order valence-corrected chi connectivity index (χ4v) is 3.96. The van der Waals surface area contributed by atoms with Crippen molar-refractivity contribution >= 4 is 16.9 Å². The van der Waals surface area contributed by atoms with Gasteiger partial charge < -0.3 is 0 Å². The third-order valence-corrected chi connectivity index (χ3v) is 5.19. The van der Waals surface area contributed by atoms with E-state index in [1.165, 1.54) is 30.2 Å². The first-order valence-corrected chi connectivity index (χ1v) is 8.81. The van der Waals surface area contributed by atoms with Crippen molar-refractivity contribution in [3.63, 3.8) is 0 Å². The summed E-state index contributed by atoms with van der Waals surface area (Å²) in [5.74, 6) is 0.889. The highest BCUT2D eigenvalue weighted by Gasteiger charge is 2.25. The first-order chi connectivity index (χ1) is 10.8. The van der Waals surface area contributed by atoms with Gasteiger partial charge in [-0.15, -0.1) is 0 Å². The van der Waals surface area contributed by atoms with Crippen molar-refractivity contribution in [3.8, 4) is 0 Å². The summed E-state index contributed by atoms with van der Waals surface area (Å²) < 4.78 is 0. The van der Waals surface area contributed by atoms with Crippen LogP contribution in [-0.4, -0.2) is 28.4 Å². The van der Waals surface area contributed by atoms with Gasteiger partial charge in [0.15, 0.2) is 0 Å². The van der Waals surface area contributed by atoms with Crippen LogP contribution < -0.4 is 0 Å². The Morgan fingerprint density at radius 3 is 2.45 bits per heavy atom. The first kappa shape index (κ1) is 15.3. The van der Waals surface area contributed by atoms with Gasteiger partial charge in [-0.2, -0.15) is 0 Å². The number of carbonyl (C=O) groups is 1. The van der Waals surface area contributed by atoms with Crippen LogP contribution in [0, 0.1) is 0 Å². The predicted molar refractivity (Wildman–Crippen MR) is 93.1 cm³/mol. The van der Waals surface area contributed by atoms with Crippen molar-refractivity contribution in [1.29, 1.82) is 0 Å². The summed E-state index contributed by atoms with van der Waals surface area (Å²) in [4.78, 5) is 14.7. The molecule has 0 aromatic heterocycles. The molecular weight excluding hydrogens is 290 g/mol. The zero-order chi connectivity index (χ0) is 15.2. The number of benzene rings is 2. The van der Waals surface area contributed by atoms with Crippen molar-refractivity contribution in [2.45, 2.75) is 25.4 Å². The van der Waals surface area contributed by atoms with Gasteiger partial charge in [0.1, 0.15) is 0 Å². The first-order valence-electron chi connectivity index (χ1n) is 7.83. The monoisotopic (exact) mass is 311 g/mol. The maximum atomic E-state index is 12.2. The topological polar surface area (TPSA) is 20.3 Å². The summed E-state index contributed by atoms with van der Waals surface area (Å²) in [6.07, 6.45) is 2.43. The minimum absolute atomic E-state index is 0.187. The van der Waals surface area contributed by atoms with E-state index in [1.54, 1.807) is 0 Å². The highest BCUT2D eigenvalue weighted by molar-refractivity contribution is 8.14. The van der Waals surface area contributed by atoms with E-state index >= 15 is 0 Å². The van der Waals surface area contributed by atoms with Crippen LogP contribution in [0.4, 0.5) is 0 Å². The lowest BCUT2D eigenvalue weighted by molar-refractivity contribution is 0.108. The summed E-state index contributed by atoms with van der Waals surface area (Å²) in [7, 11) is 0. The van der Waals surface area contributed by atoms with Crippen molar-refractivity contribution in [2.24, 2.45) is 0 Å². The summed E-state index contributed by atoms with van der Waals surface area (Å²) in [6, 6.07) is 20.7. The Morgan fingerprint density at radius 2 is 1.73 bits per heavy atom. The fourth-order valence-electron chi connectivity index (χ4n) is 2.94. The summed E-state index contributed by atoms with van der Waals surface area (Å²) in [5, 5.41) is 0.187. The van der Waals surface area contributed by atoms with Crippen LogP contribution >= 0.6 is 11.8 Å². The predicted octanol–water partition coefficient (Wildman–Crippen LogP) is 4.22. The molecular formula is C19H21NOS. The Bertz CT molecular complexity index is 599. The molecule has 0 amide bonds. The van der Waals surface area contributed by atoms with E-state index in [0.29, 0.717) is 6.04 Å². The van der Waals surface area contributed by atoms with E-state index in [0.717, 1.165) is 24.4 Å². The van der Waals surface area contributed by atoms with Crippen molar-refractivity contribution < 1.29 is 4.79 Å². The van der Waals surface area contributed by atoms with Gasteiger partial charge in [-0.05, 0) is 24.9 Å². The second kappa shape index (κ2) is 7.61. The van der Waals surface area contributed by atoms with Gasteiger partial charge in [0.2, 0.25) is 5.12 Å². The van der Waals surface area contributed by atoms with Crippen LogP contribution in [0.5, 0.6) is 0 Å². The van der Waals surface area contributed by atoms with Crippen LogP contribution in [0.2, 0.25) is 0 Å². The van der Waals surface area contributed by atoms with Crippen LogP contribution in [0.3, 0.4) is 0 Å². The minimum Gasteiger partial charge on any atom is -0.295 e. The zero-order valence-electron chi connectivity index (χ0n) is 12.7. The average Bonchev–Trinajstić information content (AvgIpc) is 3.01. The number of likely N-dealkylation sites (tertiary alicyclic amines) is 1. The zero-order valence-corrected chi connectivity index (χ0v) is 13.5. The normalized spacial score (nSPS) is 18.5. The molecule has 0 spiro atoms. The number of hydrogen-bond donors (Lipinski definition) is 0. The van der Waals surface area contributed by atoms with E-state index in [2.05, 4.69) is 35.2 Å². The second-order valence-electron chi connectivity index (χ2n) is 5.72. The molecule has 3 rings (SSSR count). The number of rotatable bonds is 5. The van der Waals surface area contributed by atoms with E-state index in [4.69, 9.17) is 0 Å². The van der Waals surface area contributed by atoms with Gasteiger partial charge in [-0.3, -0.25) is 9.69 Å². The van der Waals surface area contributed by atoms with Crippen LogP contribution in [-0.2, 0) is 6.54 Å². The molecule has 1 saturated heterocycles. The van der Waals surface area contributed by atoms with E-state index in [9.17, 15) is 4.79 Å². The molecule has 0 N–H and O–H groups in total. The molecule has 3 heteroatoms. The van der Waals surface area contributed by atoms with Gasteiger partial charge in [0.05, 0.1) is 0 Å². The molecule has 1 heterocycles. The summed E-state index contributed by atoms with van der Waals surface area (Å²) in [6.45, 7) is 2.13. The van der Waals surface area contributed by atoms with Gasteiger partial charge in [-0.1, -0.05) is 72.4 Å². The number of thioether (sulfide) groups is 1. The van der Waals surface area contributed by atoms with Crippen molar-refractivity contribution in [2.75, 3.05) is 12.3 Å². The third-order valence-electron chi connectivity index (χ3n) is 4.14. The molecule has 1 fully saturated rings. The maximum Gasteiger partial charge on any atom is 0.219 e. The van der Waals surface area contributed by atoms with Crippen LogP contribution in [0.15, 0.2) is 60.7 Å². The number of carbonyl (C=O) groups excluding carboxylic acids is 1. The van der Waals surface area contributed by atoms with Crippen LogP contribution in [0.25, 0.3) is 0 Å². The highest BCUT2D eigenvalue weighted by atomic mass is 32.2. The fraction of sp³-hybridized carbons (Fsp3) is 0.316. The van der Waals surface area contributed by atoms with E-state index in [1.807, 2.05) is 30.3 Å². The van der Waals surface area contributed by atoms with Crippen LogP contribution in [0.1, 0.15) is 28.8 Å². The Morgan fingerprint density at radius 1 is 1.05 bits per heavy atom. The SMILES string of the molecule is O=C(SC[C@@H]1CCCN1Cc1ccccc1)c1ccccc1. The molecule has 1 atom stereocenters. The molecule has 0 aliphatic carbocycles. The molecule has 0 bridgehead atoms. The smallest absolute Gasteiger partial charge is 0.219 e.